The number of fused-ring (bicyclic) bond motifs is 1. The summed E-state index contributed by atoms with van der Waals surface area (Å²) in [5.74, 6) is 0.318. The third kappa shape index (κ3) is 5.41. The summed E-state index contributed by atoms with van der Waals surface area (Å²) in [7, 11) is 0. The molecule has 1 amide bonds. The molecule has 0 spiro atoms. The Kier molecular flexibility index (Phi) is 8.12. The van der Waals surface area contributed by atoms with Gasteiger partial charge in [-0.2, -0.15) is 18.2 Å². The summed E-state index contributed by atoms with van der Waals surface area (Å²) >= 11 is 0. The predicted octanol–water partition coefficient (Wildman–Crippen LogP) is 3.36. The van der Waals surface area contributed by atoms with E-state index >= 15 is 0 Å². The number of likely N-dealkylation sites (N-methyl/N-ethyl adjacent to an activating group) is 1. The molecule has 0 bridgehead atoms. The summed E-state index contributed by atoms with van der Waals surface area (Å²) in [6.45, 7) is 15.3. The number of nitrogens with zero attached hydrogens (tertiary/aromatic N) is 7. The first-order valence-corrected chi connectivity index (χ1v) is 14.5. The Labute approximate surface area is 248 Å². The van der Waals surface area contributed by atoms with Crippen molar-refractivity contribution < 1.29 is 18.0 Å². The summed E-state index contributed by atoms with van der Waals surface area (Å²) in [5, 5.41) is 0.0147. The highest BCUT2D eigenvalue weighted by Gasteiger charge is 2.39. The Morgan fingerprint density at radius 3 is 2.33 bits per heavy atom. The summed E-state index contributed by atoms with van der Waals surface area (Å²) < 4.78 is 44.8. The molecule has 0 atom stereocenters. The van der Waals surface area contributed by atoms with Gasteiger partial charge in [0.25, 0.3) is 5.56 Å². The highest BCUT2D eigenvalue weighted by atomic mass is 19.4. The summed E-state index contributed by atoms with van der Waals surface area (Å²) in [5.41, 5.74) is 5.16. The number of rotatable bonds is 7. The first kappa shape index (κ1) is 30.3. The van der Waals surface area contributed by atoms with Gasteiger partial charge >= 0.3 is 6.18 Å². The second kappa shape index (κ2) is 11.5. The van der Waals surface area contributed by atoms with Gasteiger partial charge in [0.1, 0.15) is 17.0 Å². The number of hydrogen-bond acceptors (Lipinski definition) is 8. The lowest BCUT2D eigenvalue weighted by Crippen LogP contribution is -2.60. The zero-order valence-corrected chi connectivity index (χ0v) is 24.9. The van der Waals surface area contributed by atoms with Crippen LogP contribution in [0.3, 0.4) is 0 Å². The maximum Gasteiger partial charge on any atom is 0.431 e. The fraction of sp³-hybridized carbons (Fsp3) is 0.467. The lowest BCUT2D eigenvalue weighted by Gasteiger charge is -2.45. The number of alkyl halides is 3. The van der Waals surface area contributed by atoms with Crippen LogP contribution in [0.5, 0.6) is 0 Å². The molecule has 2 saturated heterocycles. The maximum absolute atomic E-state index is 14.7. The van der Waals surface area contributed by atoms with Crippen LogP contribution in [0.25, 0.3) is 16.6 Å². The minimum atomic E-state index is -4.86. The van der Waals surface area contributed by atoms with Crippen LogP contribution < -0.4 is 21.1 Å². The summed E-state index contributed by atoms with van der Waals surface area (Å²) in [6.07, 6.45) is -3.63. The molecule has 230 valence electrons. The first-order valence-electron chi connectivity index (χ1n) is 14.5. The predicted molar refractivity (Wildman–Crippen MR) is 162 cm³/mol. The van der Waals surface area contributed by atoms with Gasteiger partial charge in [0.15, 0.2) is 0 Å². The molecule has 10 nitrogen and oxygen atoms in total. The number of anilines is 3. The van der Waals surface area contributed by atoms with Crippen molar-refractivity contribution in [1.29, 1.82) is 0 Å². The van der Waals surface area contributed by atoms with Gasteiger partial charge in [-0.1, -0.05) is 26.5 Å². The SMILES string of the molecule is C=CC(=O)N1CCN(c2nc(N3CC(N(CC)CC)C3)nc3c(=O)n(-c4c(C)ccc(N)c4C)c(C(F)(F)F)cc23)CC1. The Hall–Kier alpha value is -4.13. The molecule has 13 heteroatoms. The molecular weight excluding hydrogens is 561 g/mol. The lowest BCUT2D eigenvalue weighted by molar-refractivity contribution is -0.142. The van der Waals surface area contributed by atoms with Crippen LogP contribution in [0.15, 0.2) is 35.6 Å². The van der Waals surface area contributed by atoms with Crippen LogP contribution in [0.4, 0.5) is 30.6 Å². The zero-order chi connectivity index (χ0) is 31.2. The second-order valence-corrected chi connectivity index (χ2v) is 11.0. The van der Waals surface area contributed by atoms with Crippen molar-refractivity contribution in [2.45, 2.75) is 39.9 Å². The molecule has 43 heavy (non-hydrogen) atoms. The maximum atomic E-state index is 14.7. The number of aromatic nitrogens is 3. The standard InChI is InChI=1S/C30H37F3N8O2/c1-6-24(42)38-11-13-39(14-12-38)27-21-15-23(30(31,32)33)41(26-18(4)9-10-22(34)19(26)5)28(43)25(21)35-29(36-27)40-16-20(17-40)37(7-2)8-3/h6,9-10,15,20H,1,7-8,11-14,16-17,34H2,2-5H3. The van der Waals surface area contributed by atoms with Crippen LogP contribution in [-0.2, 0) is 11.0 Å². The highest BCUT2D eigenvalue weighted by molar-refractivity contribution is 5.91. The number of nitrogens with two attached hydrogens (primary N) is 1. The molecule has 2 aliphatic rings. The number of nitrogen functional groups attached to an aromatic ring is 1. The van der Waals surface area contributed by atoms with Gasteiger partial charge in [0.05, 0.1) is 11.1 Å². The number of benzene rings is 1. The van der Waals surface area contributed by atoms with Gasteiger partial charge in [0, 0.05) is 51.0 Å². The first-order chi connectivity index (χ1) is 20.4. The third-order valence-electron chi connectivity index (χ3n) is 8.57. The van der Waals surface area contributed by atoms with Crippen LogP contribution in [0.2, 0.25) is 0 Å². The summed E-state index contributed by atoms with van der Waals surface area (Å²) in [6, 6.07) is 4.46. The topological polar surface area (TPSA) is 104 Å². The van der Waals surface area contributed by atoms with Gasteiger partial charge in [-0.25, -0.2) is 4.98 Å². The average Bonchev–Trinajstić information content (AvgIpc) is 2.96. The number of pyridine rings is 1. The molecule has 3 aromatic rings. The van der Waals surface area contributed by atoms with E-state index in [1.54, 1.807) is 30.9 Å². The Morgan fingerprint density at radius 1 is 1.09 bits per heavy atom. The van der Waals surface area contributed by atoms with Crippen molar-refractivity contribution in [3.63, 3.8) is 0 Å². The number of piperazine rings is 1. The minimum Gasteiger partial charge on any atom is -0.398 e. The fourth-order valence-electron chi connectivity index (χ4n) is 6.02. The molecule has 0 saturated carbocycles. The van der Waals surface area contributed by atoms with Crippen molar-refractivity contribution in [3.8, 4) is 5.69 Å². The molecule has 0 aliphatic carbocycles. The van der Waals surface area contributed by atoms with E-state index in [0.717, 1.165) is 19.2 Å². The average molecular weight is 599 g/mol. The van der Waals surface area contributed by atoms with Gasteiger partial charge in [-0.05, 0) is 56.3 Å². The van der Waals surface area contributed by atoms with Crippen molar-refractivity contribution in [2.24, 2.45) is 0 Å². The van der Waals surface area contributed by atoms with Crippen LogP contribution >= 0.6 is 0 Å². The van der Waals surface area contributed by atoms with Gasteiger partial charge in [-0.3, -0.25) is 19.1 Å². The van der Waals surface area contributed by atoms with E-state index in [9.17, 15) is 22.8 Å². The van der Waals surface area contributed by atoms with E-state index in [2.05, 4.69) is 30.3 Å². The highest BCUT2D eigenvalue weighted by Crippen LogP contribution is 2.37. The smallest absolute Gasteiger partial charge is 0.398 e. The Morgan fingerprint density at radius 2 is 1.74 bits per heavy atom. The van der Waals surface area contributed by atoms with Crippen molar-refractivity contribution >= 4 is 34.3 Å². The number of hydrogen-bond donors (Lipinski definition) is 1. The molecule has 4 heterocycles. The van der Waals surface area contributed by atoms with E-state index in [4.69, 9.17) is 10.7 Å². The van der Waals surface area contributed by atoms with E-state index in [1.165, 1.54) is 6.08 Å². The fourth-order valence-corrected chi connectivity index (χ4v) is 6.02. The second-order valence-electron chi connectivity index (χ2n) is 11.0. The number of amides is 1. The van der Waals surface area contributed by atoms with Crippen molar-refractivity contribution in [1.82, 2.24) is 24.3 Å². The quantitative estimate of drug-likeness (QED) is 0.326. The normalized spacial score (nSPS) is 16.2. The third-order valence-corrected chi connectivity index (χ3v) is 8.57. The largest absolute Gasteiger partial charge is 0.431 e. The molecule has 2 aliphatic heterocycles. The molecule has 2 N–H and O–H groups in total. The molecule has 0 unspecified atom stereocenters. The molecule has 2 aromatic heterocycles. The zero-order valence-electron chi connectivity index (χ0n) is 24.9. The number of aryl methyl sites for hydroxylation is 1. The van der Waals surface area contributed by atoms with E-state index in [1.807, 2.05) is 9.80 Å². The molecule has 5 rings (SSSR count). The van der Waals surface area contributed by atoms with E-state index in [-0.39, 0.29) is 40.0 Å². The Bertz CT molecular complexity index is 1620. The molecule has 2 fully saturated rings. The van der Waals surface area contributed by atoms with Crippen LogP contribution in [0, 0.1) is 13.8 Å². The van der Waals surface area contributed by atoms with Crippen LogP contribution in [0.1, 0.15) is 30.7 Å². The van der Waals surface area contributed by atoms with Crippen molar-refractivity contribution in [2.75, 3.05) is 67.9 Å². The van der Waals surface area contributed by atoms with Gasteiger partial charge in [-0.15, -0.1) is 0 Å². The minimum absolute atomic E-state index is 0.0147. The number of carbonyl (C=O) groups is 1. The van der Waals surface area contributed by atoms with E-state index in [0.29, 0.717) is 60.9 Å². The Balaban J connectivity index is 1.72. The molecule has 0 radical (unpaired) electrons. The van der Waals surface area contributed by atoms with Crippen molar-refractivity contribution in [3.05, 3.63) is 58.0 Å². The molecular formula is C30H37F3N8O2. The van der Waals surface area contributed by atoms with Crippen LogP contribution in [-0.4, -0.2) is 88.6 Å². The lowest BCUT2D eigenvalue weighted by atomic mass is 10.1. The number of carbonyl (C=O) groups excluding carboxylic acids is 1. The number of halogens is 3. The monoisotopic (exact) mass is 598 g/mol. The van der Waals surface area contributed by atoms with Gasteiger partial charge < -0.3 is 20.4 Å². The molecule has 1 aromatic carbocycles. The van der Waals surface area contributed by atoms with E-state index < -0.39 is 17.4 Å². The summed E-state index contributed by atoms with van der Waals surface area (Å²) in [4.78, 5) is 43.4. The van der Waals surface area contributed by atoms with Gasteiger partial charge in [0.2, 0.25) is 11.9 Å².